The zero-order valence-electron chi connectivity index (χ0n) is 16.2. The summed E-state index contributed by atoms with van der Waals surface area (Å²) in [4.78, 5) is 26.5. The number of ether oxygens (including phenoxy) is 2. The van der Waals surface area contributed by atoms with Crippen molar-refractivity contribution < 1.29 is 32.4 Å². The van der Waals surface area contributed by atoms with Crippen molar-refractivity contribution in [3.05, 3.63) is 46.9 Å². The van der Waals surface area contributed by atoms with Crippen LogP contribution in [0.3, 0.4) is 0 Å². The number of rotatable bonds is 6. The highest BCUT2D eigenvalue weighted by molar-refractivity contribution is 5.94. The number of carbonyl (C=O) groups is 2. The Labute approximate surface area is 166 Å². The van der Waals surface area contributed by atoms with Crippen LogP contribution in [0.25, 0.3) is 0 Å². The van der Waals surface area contributed by atoms with Gasteiger partial charge in [0.05, 0.1) is 18.1 Å². The molecule has 9 heteroatoms. The van der Waals surface area contributed by atoms with E-state index in [0.29, 0.717) is 36.8 Å². The number of nitrogens with zero attached hydrogens (tertiary/aromatic N) is 2. The van der Waals surface area contributed by atoms with Gasteiger partial charge in [-0.3, -0.25) is 9.59 Å². The number of likely N-dealkylation sites (tertiary alicyclic amines) is 1. The van der Waals surface area contributed by atoms with Crippen LogP contribution in [-0.4, -0.2) is 41.6 Å². The van der Waals surface area contributed by atoms with Crippen LogP contribution in [-0.2, 0) is 16.1 Å². The summed E-state index contributed by atoms with van der Waals surface area (Å²) in [5.74, 6) is -2.45. The van der Waals surface area contributed by atoms with Crippen molar-refractivity contribution >= 4 is 11.9 Å². The summed E-state index contributed by atoms with van der Waals surface area (Å²) in [6.07, 6.45) is 1.32. The molecule has 7 nitrogen and oxygen atoms in total. The first-order chi connectivity index (χ1) is 13.9. The largest absolute Gasteiger partial charge is 0.486 e. The second kappa shape index (κ2) is 9.02. The van der Waals surface area contributed by atoms with Gasteiger partial charge in [0.1, 0.15) is 18.2 Å². The Balaban J connectivity index is 1.72. The summed E-state index contributed by atoms with van der Waals surface area (Å²) in [5, 5.41) is 3.83. The van der Waals surface area contributed by atoms with E-state index in [1.165, 1.54) is 11.0 Å². The van der Waals surface area contributed by atoms with Gasteiger partial charge in [0.2, 0.25) is 0 Å². The Morgan fingerprint density at radius 1 is 1.34 bits per heavy atom. The zero-order valence-corrected chi connectivity index (χ0v) is 16.2. The van der Waals surface area contributed by atoms with Crippen molar-refractivity contribution in [2.45, 2.75) is 33.3 Å². The fraction of sp³-hybridized carbons (Fsp3) is 0.450. The van der Waals surface area contributed by atoms with Gasteiger partial charge in [-0.25, -0.2) is 8.78 Å². The van der Waals surface area contributed by atoms with E-state index < -0.39 is 17.5 Å². The number of aromatic nitrogens is 1. The topological polar surface area (TPSA) is 81.9 Å². The smallest absolute Gasteiger partial charge is 0.310 e. The average Bonchev–Trinajstić information content (AvgIpc) is 3.07. The van der Waals surface area contributed by atoms with E-state index in [2.05, 4.69) is 5.16 Å². The molecule has 29 heavy (non-hydrogen) atoms. The third-order valence-corrected chi connectivity index (χ3v) is 4.78. The molecule has 1 aliphatic rings. The summed E-state index contributed by atoms with van der Waals surface area (Å²) < 4.78 is 42.4. The minimum Gasteiger partial charge on any atom is -0.486 e. The second-order valence-electron chi connectivity index (χ2n) is 6.77. The van der Waals surface area contributed by atoms with Crippen LogP contribution in [0.4, 0.5) is 8.78 Å². The molecule has 1 atom stereocenters. The van der Waals surface area contributed by atoms with Gasteiger partial charge in [0.25, 0.3) is 5.91 Å². The van der Waals surface area contributed by atoms with Crippen molar-refractivity contribution in [2.24, 2.45) is 5.92 Å². The molecule has 3 rings (SSSR count). The van der Waals surface area contributed by atoms with E-state index in [-0.39, 0.29) is 43.1 Å². The molecule has 0 saturated carbocycles. The lowest BCUT2D eigenvalue weighted by molar-refractivity contribution is -0.149. The maximum atomic E-state index is 13.8. The van der Waals surface area contributed by atoms with Gasteiger partial charge in [0.15, 0.2) is 17.3 Å². The summed E-state index contributed by atoms with van der Waals surface area (Å²) in [6, 6.07) is 2.96. The van der Waals surface area contributed by atoms with E-state index in [0.717, 1.165) is 6.07 Å². The third-order valence-electron chi connectivity index (χ3n) is 4.78. The molecule has 2 aromatic rings. The molecule has 2 heterocycles. The van der Waals surface area contributed by atoms with E-state index in [9.17, 15) is 18.4 Å². The van der Waals surface area contributed by atoms with Gasteiger partial charge in [-0.15, -0.1) is 0 Å². The van der Waals surface area contributed by atoms with Gasteiger partial charge in [0, 0.05) is 19.2 Å². The van der Waals surface area contributed by atoms with Crippen molar-refractivity contribution in [2.75, 3.05) is 19.7 Å². The zero-order chi connectivity index (χ0) is 21.0. The molecular weight excluding hydrogens is 386 g/mol. The fourth-order valence-corrected chi connectivity index (χ4v) is 3.24. The molecule has 1 saturated heterocycles. The lowest BCUT2D eigenvalue weighted by atomic mass is 9.97. The van der Waals surface area contributed by atoms with Gasteiger partial charge in [-0.1, -0.05) is 5.16 Å². The van der Waals surface area contributed by atoms with Crippen molar-refractivity contribution in [3.63, 3.8) is 0 Å². The summed E-state index contributed by atoms with van der Waals surface area (Å²) in [7, 11) is 0. The molecule has 1 aliphatic heterocycles. The number of piperidine rings is 1. The normalized spacial score (nSPS) is 16.6. The van der Waals surface area contributed by atoms with Crippen LogP contribution in [0, 0.1) is 24.5 Å². The predicted molar refractivity (Wildman–Crippen MR) is 97.2 cm³/mol. The Morgan fingerprint density at radius 2 is 2.14 bits per heavy atom. The van der Waals surface area contributed by atoms with Crippen LogP contribution in [0.5, 0.6) is 5.75 Å². The fourth-order valence-electron chi connectivity index (χ4n) is 3.24. The molecule has 1 aromatic heterocycles. The first kappa shape index (κ1) is 20.8. The maximum Gasteiger partial charge on any atom is 0.310 e. The van der Waals surface area contributed by atoms with Gasteiger partial charge >= 0.3 is 5.97 Å². The third kappa shape index (κ3) is 4.72. The maximum absolute atomic E-state index is 13.8. The highest BCUT2D eigenvalue weighted by Crippen LogP contribution is 2.24. The van der Waals surface area contributed by atoms with Gasteiger partial charge in [-0.2, -0.15) is 0 Å². The number of benzene rings is 1. The quantitative estimate of drug-likeness (QED) is 0.683. The summed E-state index contributed by atoms with van der Waals surface area (Å²) in [5.41, 5.74) is 0.423. The van der Waals surface area contributed by atoms with Crippen molar-refractivity contribution in [1.82, 2.24) is 10.1 Å². The van der Waals surface area contributed by atoms with E-state index in [1.807, 2.05) is 0 Å². The molecule has 0 N–H and O–H groups in total. The minimum atomic E-state index is -0.847. The second-order valence-corrected chi connectivity index (χ2v) is 6.77. The average molecular weight is 408 g/mol. The molecular formula is C20H22F2N2O5. The highest BCUT2D eigenvalue weighted by atomic mass is 19.1. The standard InChI is InChI=1S/C20H22F2N2O5/c1-3-27-20(26)13-5-4-8-24(10-13)19(25)18-15(12(2)29-23-18)11-28-17-7-6-14(21)9-16(17)22/h6-7,9,13H,3-5,8,10-11H2,1-2H3. The number of esters is 1. The van der Waals surface area contributed by atoms with E-state index in [4.69, 9.17) is 14.0 Å². The van der Waals surface area contributed by atoms with Crippen molar-refractivity contribution in [1.29, 1.82) is 0 Å². The Bertz CT molecular complexity index is 899. The van der Waals surface area contributed by atoms with Gasteiger partial charge < -0.3 is 18.9 Å². The molecule has 156 valence electrons. The molecule has 1 unspecified atom stereocenters. The van der Waals surface area contributed by atoms with Crippen LogP contribution >= 0.6 is 0 Å². The Kier molecular flexibility index (Phi) is 6.46. The summed E-state index contributed by atoms with van der Waals surface area (Å²) >= 11 is 0. The van der Waals surface area contributed by atoms with Crippen LogP contribution in [0.1, 0.15) is 41.6 Å². The van der Waals surface area contributed by atoms with E-state index in [1.54, 1.807) is 13.8 Å². The molecule has 0 radical (unpaired) electrons. The molecule has 1 aromatic carbocycles. The predicted octanol–water partition coefficient (Wildman–Crippen LogP) is 3.26. The SMILES string of the molecule is CCOC(=O)C1CCCN(C(=O)c2noc(C)c2COc2ccc(F)cc2F)C1. The number of carbonyl (C=O) groups excluding carboxylic acids is 2. The monoisotopic (exact) mass is 408 g/mol. The number of amides is 1. The first-order valence-corrected chi connectivity index (χ1v) is 9.39. The van der Waals surface area contributed by atoms with Crippen LogP contribution < -0.4 is 4.74 Å². The minimum absolute atomic E-state index is 0.0505. The van der Waals surface area contributed by atoms with Crippen LogP contribution in [0.2, 0.25) is 0 Å². The van der Waals surface area contributed by atoms with E-state index >= 15 is 0 Å². The molecule has 0 aliphatic carbocycles. The first-order valence-electron chi connectivity index (χ1n) is 9.39. The number of hydrogen-bond acceptors (Lipinski definition) is 6. The molecule has 0 bridgehead atoms. The van der Waals surface area contributed by atoms with Crippen LogP contribution in [0.15, 0.2) is 22.7 Å². The number of halogens is 2. The highest BCUT2D eigenvalue weighted by Gasteiger charge is 2.32. The lowest BCUT2D eigenvalue weighted by Crippen LogP contribution is -2.43. The van der Waals surface area contributed by atoms with Gasteiger partial charge in [-0.05, 0) is 38.8 Å². The Hall–Kier alpha value is -2.97. The molecule has 1 fully saturated rings. The number of aryl methyl sites for hydroxylation is 1. The summed E-state index contributed by atoms with van der Waals surface area (Å²) in [6.45, 7) is 4.17. The molecule has 0 spiro atoms. The molecule has 1 amide bonds. The lowest BCUT2D eigenvalue weighted by Gasteiger charge is -2.31. The Morgan fingerprint density at radius 3 is 2.86 bits per heavy atom. The number of hydrogen-bond donors (Lipinski definition) is 0. The van der Waals surface area contributed by atoms with Crippen molar-refractivity contribution in [3.8, 4) is 5.75 Å².